The lowest BCUT2D eigenvalue weighted by molar-refractivity contribution is -0.258. The van der Waals surface area contributed by atoms with Crippen molar-refractivity contribution in [2.45, 2.75) is 114 Å². The Morgan fingerprint density at radius 2 is 1.55 bits per heavy atom. The van der Waals surface area contributed by atoms with Crippen molar-refractivity contribution < 1.29 is 38.4 Å². The molecule has 2 saturated carbocycles. The SMILES string of the molecule is C=CCOC12Oc3ccc(Oc4ccc5ccccc5c4)cc3C3C(CCCCO)C(CCCCO)C=C(C(=NOCc4ccccc4)CC1N(Cc1ccc(F)cc1)C(=O)CCC1CCCC1)C32. The molecule has 2 N–H and O–H groups in total. The van der Waals surface area contributed by atoms with E-state index < -0.39 is 17.7 Å². The van der Waals surface area contributed by atoms with Crippen LogP contribution >= 0.6 is 0 Å². The molecule has 6 unspecified atom stereocenters. The molecule has 362 valence electrons. The maximum Gasteiger partial charge on any atom is 0.239 e. The third-order valence-corrected chi connectivity index (χ3v) is 15.1. The largest absolute Gasteiger partial charge is 0.459 e. The van der Waals surface area contributed by atoms with Gasteiger partial charge in [-0.15, -0.1) is 6.58 Å². The van der Waals surface area contributed by atoms with Gasteiger partial charge in [-0.25, -0.2) is 4.39 Å². The minimum absolute atomic E-state index is 0.0166. The Morgan fingerprint density at radius 3 is 2.32 bits per heavy atom. The normalized spacial score (nSPS) is 23.4. The maximum atomic E-state index is 15.3. The first kappa shape index (κ1) is 48.2. The van der Waals surface area contributed by atoms with E-state index in [0.29, 0.717) is 36.7 Å². The number of aliphatic hydroxyl groups is 2. The summed E-state index contributed by atoms with van der Waals surface area (Å²) in [6.45, 7) is 4.92. The van der Waals surface area contributed by atoms with E-state index in [4.69, 9.17) is 24.2 Å². The summed E-state index contributed by atoms with van der Waals surface area (Å²) in [6.07, 6.45) is 14.7. The number of benzene rings is 5. The van der Waals surface area contributed by atoms with Gasteiger partial charge in [-0.2, -0.15) is 0 Å². The van der Waals surface area contributed by atoms with Gasteiger partial charge in [0.2, 0.25) is 11.7 Å². The van der Waals surface area contributed by atoms with Gasteiger partial charge in [0, 0.05) is 44.1 Å². The number of oxime groups is 1. The van der Waals surface area contributed by atoms with E-state index in [1.807, 2.05) is 65.6 Å². The molecule has 1 amide bonds. The summed E-state index contributed by atoms with van der Waals surface area (Å²) in [7, 11) is 0. The first-order valence-corrected chi connectivity index (χ1v) is 25.3. The molecule has 0 radical (unpaired) electrons. The number of halogens is 1. The highest BCUT2D eigenvalue weighted by Crippen LogP contribution is 2.62. The lowest BCUT2D eigenvalue weighted by atomic mass is 9.55. The first-order valence-electron chi connectivity index (χ1n) is 25.3. The highest BCUT2D eigenvalue weighted by atomic mass is 19.1. The minimum Gasteiger partial charge on any atom is -0.459 e. The van der Waals surface area contributed by atoms with Crippen LogP contribution in [0.4, 0.5) is 4.39 Å². The number of hydrogen-bond acceptors (Lipinski definition) is 8. The second-order valence-electron chi connectivity index (χ2n) is 19.5. The summed E-state index contributed by atoms with van der Waals surface area (Å²) in [4.78, 5) is 23.5. The van der Waals surface area contributed by atoms with Gasteiger partial charge in [0.25, 0.3) is 0 Å². The molecule has 0 bridgehead atoms. The van der Waals surface area contributed by atoms with Crippen LogP contribution in [0.2, 0.25) is 0 Å². The van der Waals surface area contributed by atoms with Crippen LogP contribution in [-0.2, 0) is 27.5 Å². The smallest absolute Gasteiger partial charge is 0.239 e. The third kappa shape index (κ3) is 11.0. The third-order valence-electron chi connectivity index (χ3n) is 15.1. The van der Waals surface area contributed by atoms with Gasteiger partial charge in [-0.1, -0.05) is 129 Å². The van der Waals surface area contributed by atoms with E-state index in [2.05, 4.69) is 43.0 Å². The summed E-state index contributed by atoms with van der Waals surface area (Å²) in [5, 5.41) is 27.4. The number of carbonyl (C=O) groups is 1. The number of rotatable bonds is 22. The average Bonchev–Trinajstić information content (AvgIpc) is 3.90. The van der Waals surface area contributed by atoms with E-state index >= 15 is 4.79 Å². The Balaban J connectivity index is 1.22. The molecule has 4 aliphatic rings. The molecule has 6 atom stereocenters. The Labute approximate surface area is 406 Å². The molecule has 0 spiro atoms. The molecule has 9 nitrogen and oxygen atoms in total. The predicted molar refractivity (Wildman–Crippen MR) is 268 cm³/mol. The van der Waals surface area contributed by atoms with Crippen LogP contribution in [0.1, 0.15) is 106 Å². The second kappa shape index (κ2) is 22.7. The number of hydrogen-bond donors (Lipinski definition) is 2. The molecular formula is C59H67FN2O7. The highest BCUT2D eigenvalue weighted by molar-refractivity contribution is 6.03. The van der Waals surface area contributed by atoms with Gasteiger partial charge in [0.1, 0.15) is 35.7 Å². The van der Waals surface area contributed by atoms with Crippen molar-refractivity contribution in [1.29, 1.82) is 0 Å². The van der Waals surface area contributed by atoms with Gasteiger partial charge < -0.3 is 34.2 Å². The van der Waals surface area contributed by atoms with Gasteiger partial charge >= 0.3 is 0 Å². The summed E-state index contributed by atoms with van der Waals surface area (Å²) in [5.74, 6) is 0.153. The highest BCUT2D eigenvalue weighted by Gasteiger charge is 2.65. The Hall–Kier alpha value is -5.81. The molecule has 0 aromatic heterocycles. The predicted octanol–water partition coefficient (Wildman–Crippen LogP) is 12.6. The van der Waals surface area contributed by atoms with Crippen LogP contribution < -0.4 is 9.47 Å². The van der Waals surface area contributed by atoms with Crippen molar-refractivity contribution in [3.63, 3.8) is 0 Å². The van der Waals surface area contributed by atoms with Crippen LogP contribution in [0.3, 0.4) is 0 Å². The number of fused-ring (bicyclic) bond motifs is 3. The van der Waals surface area contributed by atoms with Crippen LogP contribution in [0.15, 0.2) is 145 Å². The molecular weight excluding hydrogens is 868 g/mol. The zero-order valence-corrected chi connectivity index (χ0v) is 39.7. The van der Waals surface area contributed by atoms with Gasteiger partial charge in [-0.05, 0) is 120 Å². The van der Waals surface area contributed by atoms with Crippen molar-refractivity contribution in [3.05, 3.63) is 162 Å². The molecule has 10 heteroatoms. The Morgan fingerprint density at radius 1 is 0.826 bits per heavy atom. The number of unbranched alkanes of at least 4 members (excludes halogenated alkanes) is 2. The van der Waals surface area contributed by atoms with E-state index in [1.54, 1.807) is 18.2 Å². The molecule has 5 aromatic carbocycles. The van der Waals surface area contributed by atoms with Crippen LogP contribution in [0.25, 0.3) is 10.8 Å². The second-order valence-corrected chi connectivity index (χ2v) is 19.5. The number of aliphatic hydroxyl groups excluding tert-OH is 2. The number of amides is 1. The van der Waals surface area contributed by atoms with Gasteiger partial charge in [0.15, 0.2) is 0 Å². The Bertz CT molecular complexity index is 2580. The number of carbonyl (C=O) groups excluding carboxylic acids is 1. The number of ether oxygens (including phenoxy) is 3. The fourth-order valence-electron chi connectivity index (χ4n) is 11.8. The van der Waals surface area contributed by atoms with Crippen molar-refractivity contribution in [1.82, 2.24) is 4.90 Å². The molecule has 0 saturated heterocycles. The zero-order valence-electron chi connectivity index (χ0n) is 39.7. The summed E-state index contributed by atoms with van der Waals surface area (Å²) in [6, 6.07) is 36.0. The van der Waals surface area contributed by atoms with E-state index in [1.165, 1.54) is 25.0 Å². The van der Waals surface area contributed by atoms with Crippen LogP contribution in [0, 0.1) is 29.5 Å². The topological polar surface area (TPSA) is 110 Å². The quantitative estimate of drug-likeness (QED) is 0.0404. The lowest BCUT2D eigenvalue weighted by Gasteiger charge is -2.60. The number of nitrogens with zero attached hydrogens (tertiary/aromatic N) is 2. The monoisotopic (exact) mass is 934 g/mol. The molecule has 3 aliphatic carbocycles. The Kier molecular flexibility index (Phi) is 15.9. The van der Waals surface area contributed by atoms with E-state index in [9.17, 15) is 14.6 Å². The fraction of sp³-hybridized carbons (Fsp3) is 0.424. The molecule has 5 aromatic rings. The van der Waals surface area contributed by atoms with Crippen LogP contribution in [0.5, 0.6) is 17.2 Å². The van der Waals surface area contributed by atoms with Crippen molar-refractivity contribution in [2.24, 2.45) is 28.8 Å². The summed E-state index contributed by atoms with van der Waals surface area (Å²) in [5.41, 5.74) is 4.45. The fourth-order valence-corrected chi connectivity index (χ4v) is 11.8. The molecule has 9 rings (SSSR count). The molecule has 1 heterocycles. The molecule has 2 fully saturated rings. The van der Waals surface area contributed by atoms with Crippen molar-refractivity contribution in [2.75, 3.05) is 19.8 Å². The van der Waals surface area contributed by atoms with Crippen molar-refractivity contribution in [3.8, 4) is 17.2 Å². The average molecular weight is 935 g/mol. The zero-order chi connectivity index (χ0) is 47.6. The van der Waals surface area contributed by atoms with Crippen molar-refractivity contribution >= 4 is 22.4 Å². The van der Waals surface area contributed by atoms with E-state index in [-0.39, 0.29) is 68.9 Å². The standard InChI is InChI=1S/C59H67FN2O7/c1-2-34-66-59-55(62(39-42-22-26-47(60)27-23-42)56(65)31-24-41-14-6-7-15-41)38-53(61-67-40-43-16-4-3-5-17-43)51-36-46(20-10-12-32-63)50(21-11-13-33-64)57(58(51)59)52-37-49(29-30-54(52)69-59)68-48-28-25-44-18-8-9-19-45(44)35-48/h2-5,8-9,16-19,22-23,25-30,35-37,41,46,50,55,57-58,63-64H,1,6-7,10-15,20-21,24,31-34,38-40H2. The number of allylic oxidation sites excluding steroid dienone is 1. The van der Waals surface area contributed by atoms with Gasteiger partial charge in [0.05, 0.1) is 18.2 Å². The molecule has 69 heavy (non-hydrogen) atoms. The maximum absolute atomic E-state index is 15.3. The minimum atomic E-state index is -1.43. The summed E-state index contributed by atoms with van der Waals surface area (Å²) >= 11 is 0. The summed E-state index contributed by atoms with van der Waals surface area (Å²) < 4.78 is 36.0. The van der Waals surface area contributed by atoms with E-state index in [0.717, 1.165) is 89.4 Å². The first-order chi connectivity index (χ1) is 33.9. The van der Waals surface area contributed by atoms with Gasteiger partial charge in [-0.3, -0.25) is 4.79 Å². The lowest BCUT2D eigenvalue weighted by Crippen LogP contribution is -2.70. The van der Waals surface area contributed by atoms with Crippen LogP contribution in [-0.4, -0.2) is 58.4 Å². The molecule has 1 aliphatic heterocycles.